The SMILES string of the molecule is CCNCc1cc(S(=O)(=O)N(C)C2CCCN(C)C2)c[nH]1. The molecule has 0 spiro atoms. The lowest BCUT2D eigenvalue weighted by atomic mass is 10.1. The van der Waals surface area contributed by atoms with E-state index in [0.29, 0.717) is 11.4 Å². The summed E-state index contributed by atoms with van der Waals surface area (Å²) in [5, 5.41) is 3.18. The average molecular weight is 314 g/mol. The van der Waals surface area contributed by atoms with Crippen molar-refractivity contribution in [3.63, 3.8) is 0 Å². The van der Waals surface area contributed by atoms with Crippen LogP contribution in [-0.2, 0) is 16.6 Å². The van der Waals surface area contributed by atoms with E-state index >= 15 is 0 Å². The molecule has 6 nitrogen and oxygen atoms in total. The number of H-pyrrole nitrogens is 1. The standard InChI is InChI=1S/C14H26N4O2S/c1-4-15-9-12-8-14(10-16-12)21(19,20)18(3)13-6-5-7-17(2)11-13/h8,10,13,15-16H,4-7,9,11H2,1-3H3. The normalized spacial score (nSPS) is 21.0. The summed E-state index contributed by atoms with van der Waals surface area (Å²) < 4.78 is 26.9. The van der Waals surface area contributed by atoms with Crippen molar-refractivity contribution < 1.29 is 8.42 Å². The summed E-state index contributed by atoms with van der Waals surface area (Å²) in [5.41, 5.74) is 0.893. The van der Waals surface area contributed by atoms with Crippen LogP contribution in [0.4, 0.5) is 0 Å². The first-order valence-electron chi connectivity index (χ1n) is 7.49. The van der Waals surface area contributed by atoms with Crippen LogP contribution in [0, 0.1) is 0 Å². The molecule has 1 aliphatic rings. The lowest BCUT2D eigenvalue weighted by Gasteiger charge is -2.34. The van der Waals surface area contributed by atoms with Crippen molar-refractivity contribution in [3.05, 3.63) is 18.0 Å². The van der Waals surface area contributed by atoms with Gasteiger partial charge in [0.15, 0.2) is 0 Å². The second-order valence-corrected chi connectivity index (χ2v) is 7.72. The number of nitrogens with one attached hydrogen (secondary N) is 2. The number of sulfonamides is 1. The van der Waals surface area contributed by atoms with Gasteiger partial charge in [-0.15, -0.1) is 0 Å². The summed E-state index contributed by atoms with van der Waals surface area (Å²) in [5.74, 6) is 0. The van der Waals surface area contributed by atoms with Gasteiger partial charge in [-0.3, -0.25) is 0 Å². The van der Waals surface area contributed by atoms with Crippen LogP contribution in [0.3, 0.4) is 0 Å². The molecule has 1 saturated heterocycles. The number of rotatable bonds is 6. The Morgan fingerprint density at radius 2 is 2.29 bits per heavy atom. The Bertz CT molecular complexity index is 555. The summed E-state index contributed by atoms with van der Waals surface area (Å²) in [4.78, 5) is 5.58. The van der Waals surface area contributed by atoms with Gasteiger partial charge in [0.25, 0.3) is 0 Å². The molecule has 0 saturated carbocycles. The summed E-state index contributed by atoms with van der Waals surface area (Å²) in [6.07, 6.45) is 3.56. The first-order valence-corrected chi connectivity index (χ1v) is 8.93. The van der Waals surface area contributed by atoms with E-state index in [-0.39, 0.29) is 6.04 Å². The van der Waals surface area contributed by atoms with Crippen molar-refractivity contribution in [1.29, 1.82) is 0 Å². The number of nitrogens with zero attached hydrogens (tertiary/aromatic N) is 2. The van der Waals surface area contributed by atoms with Gasteiger partial charge in [-0.2, -0.15) is 4.31 Å². The van der Waals surface area contributed by atoms with Gasteiger partial charge < -0.3 is 15.2 Å². The van der Waals surface area contributed by atoms with Crippen molar-refractivity contribution in [2.24, 2.45) is 0 Å². The summed E-state index contributed by atoms with van der Waals surface area (Å²) >= 11 is 0. The van der Waals surface area contributed by atoms with E-state index < -0.39 is 10.0 Å². The van der Waals surface area contributed by atoms with Gasteiger partial charge in [0.1, 0.15) is 0 Å². The lowest BCUT2D eigenvalue weighted by Crippen LogP contribution is -2.47. The minimum absolute atomic E-state index is 0.0564. The third-order valence-electron chi connectivity index (χ3n) is 4.07. The van der Waals surface area contributed by atoms with Crippen LogP contribution in [0.15, 0.2) is 17.2 Å². The molecule has 0 amide bonds. The Balaban J connectivity index is 2.11. The first kappa shape index (κ1) is 16.5. The van der Waals surface area contributed by atoms with E-state index in [1.807, 2.05) is 14.0 Å². The monoisotopic (exact) mass is 314 g/mol. The molecule has 1 atom stereocenters. The third-order valence-corrected chi connectivity index (χ3v) is 5.96. The number of aromatic amines is 1. The maximum absolute atomic E-state index is 12.7. The summed E-state index contributed by atoms with van der Waals surface area (Å²) in [6.45, 7) is 5.37. The molecule has 0 bridgehead atoms. The number of likely N-dealkylation sites (tertiary alicyclic amines) is 1. The second-order valence-electron chi connectivity index (χ2n) is 5.72. The Kier molecular flexibility index (Phi) is 5.43. The van der Waals surface area contributed by atoms with Gasteiger partial charge in [0, 0.05) is 38.1 Å². The van der Waals surface area contributed by atoms with Crippen molar-refractivity contribution >= 4 is 10.0 Å². The molecule has 1 aliphatic heterocycles. The van der Waals surface area contributed by atoms with E-state index in [1.54, 1.807) is 19.3 Å². The molecule has 0 aromatic carbocycles. The average Bonchev–Trinajstić information content (AvgIpc) is 2.93. The number of piperidine rings is 1. The highest BCUT2D eigenvalue weighted by Gasteiger charge is 2.31. The maximum atomic E-state index is 12.7. The van der Waals surface area contributed by atoms with Crippen LogP contribution in [0.2, 0.25) is 0 Å². The molecule has 120 valence electrons. The predicted octanol–water partition coefficient (Wildman–Crippen LogP) is 0.839. The minimum atomic E-state index is -3.42. The zero-order chi connectivity index (χ0) is 15.5. The van der Waals surface area contributed by atoms with Crippen LogP contribution in [0.5, 0.6) is 0 Å². The van der Waals surface area contributed by atoms with E-state index in [2.05, 4.69) is 15.2 Å². The summed E-state index contributed by atoms with van der Waals surface area (Å²) in [6, 6.07) is 1.78. The molecule has 2 rings (SSSR count). The van der Waals surface area contributed by atoms with Crippen molar-refractivity contribution in [2.45, 2.75) is 37.2 Å². The lowest BCUT2D eigenvalue weighted by molar-refractivity contribution is 0.187. The van der Waals surface area contributed by atoms with E-state index in [9.17, 15) is 8.42 Å². The first-order chi connectivity index (χ1) is 9.95. The molecule has 1 aromatic heterocycles. The molecular weight excluding hydrogens is 288 g/mol. The zero-order valence-corrected chi connectivity index (χ0v) is 13.9. The van der Waals surface area contributed by atoms with Crippen LogP contribution in [0.1, 0.15) is 25.5 Å². The number of aromatic nitrogens is 1. The molecule has 1 unspecified atom stereocenters. The van der Waals surface area contributed by atoms with Gasteiger partial charge >= 0.3 is 0 Å². The Morgan fingerprint density at radius 1 is 1.52 bits per heavy atom. The van der Waals surface area contributed by atoms with Crippen LogP contribution < -0.4 is 5.32 Å². The fraction of sp³-hybridized carbons (Fsp3) is 0.714. The van der Waals surface area contributed by atoms with Crippen LogP contribution in [0.25, 0.3) is 0 Å². The highest BCUT2D eigenvalue weighted by atomic mass is 32.2. The van der Waals surface area contributed by atoms with Crippen LogP contribution in [-0.4, -0.2) is 62.4 Å². The number of hydrogen-bond donors (Lipinski definition) is 2. The van der Waals surface area contributed by atoms with Gasteiger partial charge in [-0.1, -0.05) is 6.92 Å². The predicted molar refractivity (Wildman–Crippen MR) is 83.6 cm³/mol. The van der Waals surface area contributed by atoms with E-state index in [4.69, 9.17) is 0 Å². The Hall–Kier alpha value is -0.890. The van der Waals surface area contributed by atoms with Gasteiger partial charge in [-0.05, 0) is 39.0 Å². The third kappa shape index (κ3) is 3.85. The molecule has 1 fully saturated rings. The maximum Gasteiger partial charge on any atom is 0.244 e. The zero-order valence-electron chi connectivity index (χ0n) is 13.1. The largest absolute Gasteiger partial charge is 0.363 e. The molecule has 0 aliphatic carbocycles. The van der Waals surface area contributed by atoms with Gasteiger partial charge in [0.2, 0.25) is 10.0 Å². The second kappa shape index (κ2) is 6.91. The fourth-order valence-electron chi connectivity index (χ4n) is 2.73. The number of hydrogen-bond acceptors (Lipinski definition) is 4. The molecule has 0 radical (unpaired) electrons. The van der Waals surface area contributed by atoms with Gasteiger partial charge in [-0.25, -0.2) is 8.42 Å². The minimum Gasteiger partial charge on any atom is -0.363 e. The smallest absolute Gasteiger partial charge is 0.244 e. The van der Waals surface area contributed by atoms with Crippen LogP contribution >= 0.6 is 0 Å². The van der Waals surface area contributed by atoms with Gasteiger partial charge in [0.05, 0.1) is 4.90 Å². The molecule has 21 heavy (non-hydrogen) atoms. The quantitative estimate of drug-likeness (QED) is 0.816. The molecule has 2 heterocycles. The Labute approximate surface area is 127 Å². The fourth-order valence-corrected chi connectivity index (χ4v) is 4.12. The van der Waals surface area contributed by atoms with E-state index in [0.717, 1.165) is 38.2 Å². The molecule has 1 aromatic rings. The van der Waals surface area contributed by atoms with Crippen molar-refractivity contribution in [2.75, 3.05) is 33.7 Å². The summed E-state index contributed by atoms with van der Waals surface area (Å²) in [7, 11) is 0.311. The molecule has 7 heteroatoms. The topological polar surface area (TPSA) is 68.4 Å². The van der Waals surface area contributed by atoms with Crippen molar-refractivity contribution in [3.8, 4) is 0 Å². The Morgan fingerprint density at radius 3 is 2.95 bits per heavy atom. The molecule has 2 N–H and O–H groups in total. The highest BCUT2D eigenvalue weighted by molar-refractivity contribution is 7.89. The number of likely N-dealkylation sites (N-methyl/N-ethyl adjacent to an activating group) is 2. The highest BCUT2D eigenvalue weighted by Crippen LogP contribution is 2.22. The van der Waals surface area contributed by atoms with Crippen molar-refractivity contribution in [1.82, 2.24) is 19.5 Å². The molecular formula is C14H26N4O2S. The van der Waals surface area contributed by atoms with E-state index in [1.165, 1.54) is 4.31 Å².